The van der Waals surface area contributed by atoms with Crippen molar-refractivity contribution in [3.05, 3.63) is 24.3 Å². The number of nitrogens with zero attached hydrogens (tertiary/aromatic N) is 3. The Labute approximate surface area is 225 Å². The number of benzene rings is 1. The number of phosphoric ester groups is 1. The van der Waals surface area contributed by atoms with Crippen molar-refractivity contribution >= 4 is 25.6 Å². The second-order valence-electron chi connectivity index (χ2n) is 9.71. The number of unbranched alkanes of at least 4 members (excludes halogenated alkanes) is 15. The van der Waals surface area contributed by atoms with Gasteiger partial charge in [0.25, 0.3) is 0 Å². The monoisotopic (exact) mass is 540 g/mol. The Morgan fingerprint density at radius 1 is 0.811 bits per heavy atom. The second kappa shape index (κ2) is 24.7. The SMILES string of the molecule is C=NCCCCCCCCCCCCCCCCCC.CC(C)OP(=O)(O)O.c1ccc2n[nH]nc2c1. The molecule has 214 valence electrons. The number of phosphoric acid groups is 1. The molecule has 0 bridgehead atoms. The Bertz CT molecular complexity index is 780. The summed E-state index contributed by atoms with van der Waals surface area (Å²) >= 11 is 0. The Hall–Kier alpha value is -1.60. The minimum Gasteiger partial charge on any atom is -0.303 e. The molecule has 9 heteroatoms. The van der Waals surface area contributed by atoms with Gasteiger partial charge in [-0.25, -0.2) is 4.57 Å². The smallest absolute Gasteiger partial charge is 0.303 e. The predicted octanol–water partition coefficient (Wildman–Crippen LogP) is 8.41. The molecule has 0 aliphatic heterocycles. The van der Waals surface area contributed by atoms with Crippen molar-refractivity contribution in [2.45, 2.75) is 130 Å². The van der Waals surface area contributed by atoms with E-state index in [9.17, 15) is 4.57 Å². The van der Waals surface area contributed by atoms with Gasteiger partial charge in [0.15, 0.2) is 0 Å². The number of hydrogen-bond donors (Lipinski definition) is 3. The van der Waals surface area contributed by atoms with Gasteiger partial charge in [-0.3, -0.25) is 4.52 Å². The molecule has 0 unspecified atom stereocenters. The molecule has 1 aromatic carbocycles. The number of rotatable bonds is 19. The summed E-state index contributed by atoms with van der Waals surface area (Å²) in [6.07, 6.45) is 22.4. The molecule has 0 aliphatic rings. The predicted molar refractivity (Wildman–Crippen MR) is 156 cm³/mol. The summed E-state index contributed by atoms with van der Waals surface area (Å²) in [4.78, 5) is 20.0. The first-order valence-corrected chi connectivity index (χ1v) is 15.7. The number of aromatic nitrogens is 3. The summed E-state index contributed by atoms with van der Waals surface area (Å²) in [5, 5.41) is 10.3. The molecule has 8 nitrogen and oxygen atoms in total. The van der Waals surface area contributed by atoms with Gasteiger partial charge in [0.1, 0.15) is 11.0 Å². The summed E-state index contributed by atoms with van der Waals surface area (Å²) in [5.74, 6) is 0. The molecule has 0 fully saturated rings. The quantitative estimate of drug-likeness (QED) is 0.0934. The van der Waals surface area contributed by atoms with Crippen LogP contribution in [0, 0.1) is 0 Å². The van der Waals surface area contributed by atoms with E-state index in [-0.39, 0.29) is 0 Å². The average Bonchev–Trinajstić information content (AvgIpc) is 3.32. The summed E-state index contributed by atoms with van der Waals surface area (Å²) in [5.41, 5.74) is 1.83. The maximum Gasteiger partial charge on any atom is 0.469 e. The standard InChI is InChI=1S/C19H39N.C6H5N3.C3H9O4P/c1-3-4-5-6-7-8-9-10-11-12-13-14-15-16-17-18-19-20-2;1-2-4-6-5(3-1)7-9-8-6;1-3(2)7-8(4,5)6/h2-19H2,1H3;1-4H,(H,7,8,9);3H,1-2H3,(H2,4,5,6). The van der Waals surface area contributed by atoms with Gasteiger partial charge in [-0.1, -0.05) is 115 Å². The molecule has 0 atom stereocenters. The highest BCUT2D eigenvalue weighted by Crippen LogP contribution is 2.37. The van der Waals surface area contributed by atoms with Crippen LogP contribution >= 0.6 is 7.82 Å². The van der Waals surface area contributed by atoms with E-state index in [4.69, 9.17) is 9.79 Å². The highest BCUT2D eigenvalue weighted by atomic mass is 31.2. The van der Waals surface area contributed by atoms with Crippen LogP contribution in [0.25, 0.3) is 11.0 Å². The number of aliphatic imine (C=N–C) groups is 1. The summed E-state index contributed by atoms with van der Waals surface area (Å²) in [6.45, 7) is 9.87. The van der Waals surface area contributed by atoms with Crippen LogP contribution < -0.4 is 0 Å². The van der Waals surface area contributed by atoms with Crippen LogP contribution in [-0.4, -0.2) is 44.6 Å². The van der Waals surface area contributed by atoms with Crippen LogP contribution in [0.15, 0.2) is 29.3 Å². The zero-order chi connectivity index (χ0) is 27.6. The van der Waals surface area contributed by atoms with E-state index in [0.717, 1.165) is 17.6 Å². The Morgan fingerprint density at radius 3 is 1.49 bits per heavy atom. The van der Waals surface area contributed by atoms with E-state index in [2.05, 4.69) is 38.6 Å². The number of nitrogens with one attached hydrogen (secondary N) is 1. The maximum absolute atomic E-state index is 9.91. The van der Waals surface area contributed by atoms with Crippen molar-refractivity contribution in [2.24, 2.45) is 4.99 Å². The third-order valence-electron chi connectivity index (χ3n) is 5.74. The van der Waals surface area contributed by atoms with Crippen molar-refractivity contribution in [3.8, 4) is 0 Å². The molecule has 2 aromatic rings. The second-order valence-corrected chi connectivity index (χ2v) is 10.9. The lowest BCUT2D eigenvalue weighted by molar-refractivity contribution is 0.156. The van der Waals surface area contributed by atoms with Crippen molar-refractivity contribution in [3.63, 3.8) is 0 Å². The molecule has 1 aromatic heterocycles. The van der Waals surface area contributed by atoms with E-state index in [0.29, 0.717) is 0 Å². The Kier molecular flexibility index (Phi) is 23.7. The van der Waals surface area contributed by atoms with Gasteiger partial charge in [-0.15, -0.1) is 0 Å². The third kappa shape index (κ3) is 25.8. The summed E-state index contributed by atoms with van der Waals surface area (Å²) < 4.78 is 14.0. The van der Waals surface area contributed by atoms with E-state index >= 15 is 0 Å². The minimum atomic E-state index is -4.22. The highest BCUT2D eigenvalue weighted by Gasteiger charge is 2.14. The molecule has 0 aliphatic carbocycles. The van der Waals surface area contributed by atoms with Gasteiger partial charge < -0.3 is 14.8 Å². The maximum atomic E-state index is 9.91. The first kappa shape index (κ1) is 35.4. The first-order chi connectivity index (χ1) is 17.8. The molecular formula is C28H53N4O4P. The van der Waals surface area contributed by atoms with E-state index in [1.165, 1.54) is 103 Å². The zero-order valence-electron chi connectivity index (χ0n) is 23.6. The third-order valence-corrected chi connectivity index (χ3v) is 6.44. The Balaban J connectivity index is 0.000000618. The number of para-hydroxylation sites is 2. The van der Waals surface area contributed by atoms with Gasteiger partial charge in [0.05, 0.1) is 6.10 Å². The molecule has 1 heterocycles. The lowest BCUT2D eigenvalue weighted by atomic mass is 10.0. The largest absolute Gasteiger partial charge is 0.469 e. The van der Waals surface area contributed by atoms with Gasteiger partial charge in [-0.05, 0) is 39.1 Å². The lowest BCUT2D eigenvalue weighted by Gasteiger charge is -2.06. The Morgan fingerprint density at radius 2 is 1.19 bits per heavy atom. The molecule has 2 rings (SSSR count). The number of aromatic amines is 1. The average molecular weight is 541 g/mol. The van der Waals surface area contributed by atoms with Gasteiger partial charge in [0, 0.05) is 6.54 Å². The van der Waals surface area contributed by atoms with Gasteiger partial charge >= 0.3 is 7.82 Å². The number of hydrogen-bond acceptors (Lipinski definition) is 5. The van der Waals surface area contributed by atoms with Crippen LogP contribution in [0.4, 0.5) is 0 Å². The molecule has 0 spiro atoms. The zero-order valence-corrected chi connectivity index (χ0v) is 24.5. The fraction of sp³-hybridized carbons (Fsp3) is 0.750. The molecule has 3 N–H and O–H groups in total. The number of fused-ring (bicyclic) bond motifs is 1. The van der Waals surface area contributed by atoms with E-state index in [1.54, 1.807) is 13.8 Å². The molecule has 37 heavy (non-hydrogen) atoms. The van der Waals surface area contributed by atoms with E-state index in [1.807, 2.05) is 24.3 Å². The fourth-order valence-corrected chi connectivity index (χ4v) is 4.38. The minimum absolute atomic E-state index is 0.421. The summed E-state index contributed by atoms with van der Waals surface area (Å²) in [6, 6.07) is 7.70. The van der Waals surface area contributed by atoms with Crippen LogP contribution in [-0.2, 0) is 9.09 Å². The van der Waals surface area contributed by atoms with Crippen LogP contribution in [0.3, 0.4) is 0 Å². The van der Waals surface area contributed by atoms with Crippen LogP contribution in [0.1, 0.15) is 124 Å². The molecule has 0 radical (unpaired) electrons. The lowest BCUT2D eigenvalue weighted by Crippen LogP contribution is -1.98. The summed E-state index contributed by atoms with van der Waals surface area (Å²) in [7, 11) is -4.22. The van der Waals surface area contributed by atoms with Crippen molar-refractivity contribution in [1.29, 1.82) is 0 Å². The van der Waals surface area contributed by atoms with Crippen molar-refractivity contribution in [2.75, 3.05) is 6.54 Å². The normalized spacial score (nSPS) is 11.1. The molecule has 0 amide bonds. The number of H-pyrrole nitrogens is 1. The molecular weight excluding hydrogens is 487 g/mol. The first-order valence-electron chi connectivity index (χ1n) is 14.2. The molecule has 0 saturated carbocycles. The van der Waals surface area contributed by atoms with Crippen molar-refractivity contribution in [1.82, 2.24) is 15.4 Å². The van der Waals surface area contributed by atoms with E-state index < -0.39 is 13.9 Å². The van der Waals surface area contributed by atoms with Crippen molar-refractivity contribution < 1.29 is 18.9 Å². The van der Waals surface area contributed by atoms with Crippen LogP contribution in [0.2, 0.25) is 0 Å². The van der Waals surface area contributed by atoms with Crippen LogP contribution in [0.5, 0.6) is 0 Å². The molecule has 0 saturated heterocycles. The van der Waals surface area contributed by atoms with Gasteiger partial charge in [-0.2, -0.15) is 15.4 Å². The van der Waals surface area contributed by atoms with Gasteiger partial charge in [0.2, 0.25) is 0 Å². The fourth-order valence-electron chi connectivity index (χ4n) is 3.83. The highest BCUT2D eigenvalue weighted by molar-refractivity contribution is 7.46. The topological polar surface area (TPSA) is 121 Å².